The lowest BCUT2D eigenvalue weighted by atomic mass is 9.46. The molecule has 0 spiro atoms. The first-order valence-electron chi connectivity index (χ1n) is 8.04. The van der Waals surface area contributed by atoms with E-state index in [9.17, 15) is 4.79 Å². The summed E-state index contributed by atoms with van der Waals surface area (Å²) in [5.41, 5.74) is 0.235. The summed E-state index contributed by atoms with van der Waals surface area (Å²) in [6, 6.07) is 0. The second-order valence-electron chi connectivity index (χ2n) is 7.87. The van der Waals surface area contributed by atoms with E-state index in [1.165, 1.54) is 19.3 Å². The van der Waals surface area contributed by atoms with Crippen LogP contribution in [0.3, 0.4) is 0 Å². The fraction of sp³-hybridized carbons (Fsp3) is 0.722. The molecule has 2 aliphatic rings. The van der Waals surface area contributed by atoms with E-state index in [2.05, 4.69) is 43.0 Å². The molecule has 1 N–H and O–H groups in total. The van der Waals surface area contributed by atoms with Crippen molar-refractivity contribution in [1.29, 1.82) is 0 Å². The minimum atomic E-state index is -0.208. The van der Waals surface area contributed by atoms with E-state index in [0.29, 0.717) is 0 Å². The molecule has 1 amide bonds. The van der Waals surface area contributed by atoms with Crippen LogP contribution in [0.1, 0.15) is 59.3 Å². The van der Waals surface area contributed by atoms with Gasteiger partial charge in [-0.15, -0.1) is 0 Å². The lowest BCUT2D eigenvalue weighted by Gasteiger charge is -2.58. The molecule has 2 aliphatic carbocycles. The molecule has 0 heterocycles. The van der Waals surface area contributed by atoms with Gasteiger partial charge in [-0.3, -0.25) is 8.32 Å². The van der Waals surface area contributed by atoms with Gasteiger partial charge in [0, 0.05) is 0 Å². The standard InChI is InChI=1S/C18H28INO/c1-5-7-8-17-10-14(3)9-16(4,11-17)12-18(6-2,13-17)15(21)20-19/h5,7-8,14H,1,6,9-13H2,2-4H3,(H,20,21)/b8-7-. The number of nitrogens with one attached hydrogen (secondary N) is 1. The summed E-state index contributed by atoms with van der Waals surface area (Å²) in [4.78, 5) is 12.6. The van der Waals surface area contributed by atoms with Crippen molar-refractivity contribution in [3.8, 4) is 0 Å². The second-order valence-corrected chi connectivity index (χ2v) is 8.41. The van der Waals surface area contributed by atoms with Gasteiger partial charge in [0.25, 0.3) is 0 Å². The van der Waals surface area contributed by atoms with E-state index in [-0.39, 0.29) is 22.2 Å². The Morgan fingerprint density at radius 1 is 1.38 bits per heavy atom. The number of allylic oxidation sites excluding steroid dienone is 3. The predicted octanol–water partition coefficient (Wildman–Crippen LogP) is 5.20. The highest BCUT2D eigenvalue weighted by Gasteiger charge is 2.57. The monoisotopic (exact) mass is 401 g/mol. The van der Waals surface area contributed by atoms with Crippen LogP contribution in [-0.4, -0.2) is 5.91 Å². The van der Waals surface area contributed by atoms with Gasteiger partial charge in [-0.2, -0.15) is 0 Å². The van der Waals surface area contributed by atoms with Gasteiger partial charge in [0.2, 0.25) is 5.91 Å². The third-order valence-corrected chi connectivity index (χ3v) is 6.15. The summed E-state index contributed by atoms with van der Waals surface area (Å²) in [6.45, 7) is 10.8. The summed E-state index contributed by atoms with van der Waals surface area (Å²) in [7, 11) is 0. The van der Waals surface area contributed by atoms with E-state index >= 15 is 0 Å². The Kier molecular flexibility index (Phi) is 4.91. The molecule has 0 aliphatic heterocycles. The predicted molar refractivity (Wildman–Crippen MR) is 97.0 cm³/mol. The average molecular weight is 401 g/mol. The molecule has 2 saturated carbocycles. The van der Waals surface area contributed by atoms with Crippen LogP contribution in [0.2, 0.25) is 0 Å². The quantitative estimate of drug-likeness (QED) is 0.392. The lowest BCUT2D eigenvalue weighted by molar-refractivity contribution is -0.142. The zero-order valence-corrected chi connectivity index (χ0v) is 15.7. The topological polar surface area (TPSA) is 29.1 Å². The van der Waals surface area contributed by atoms with Crippen LogP contribution in [0.25, 0.3) is 0 Å². The van der Waals surface area contributed by atoms with Crippen LogP contribution in [0.5, 0.6) is 0 Å². The normalized spacial score (nSPS) is 42.8. The number of carbonyl (C=O) groups excluding carboxylic acids is 1. The van der Waals surface area contributed by atoms with Crippen molar-refractivity contribution in [3.63, 3.8) is 0 Å². The molecule has 0 radical (unpaired) electrons. The maximum Gasteiger partial charge on any atom is 0.234 e. The Balaban J connectivity index is 2.45. The number of hydrogen-bond acceptors (Lipinski definition) is 1. The molecule has 0 aromatic carbocycles. The number of rotatable bonds is 4. The summed E-state index contributed by atoms with van der Waals surface area (Å²) in [6.07, 6.45) is 12.9. The molecule has 21 heavy (non-hydrogen) atoms. The van der Waals surface area contributed by atoms with Crippen molar-refractivity contribution >= 4 is 28.8 Å². The van der Waals surface area contributed by atoms with E-state index in [0.717, 1.165) is 25.2 Å². The fourth-order valence-corrected chi connectivity index (χ4v) is 6.13. The highest BCUT2D eigenvalue weighted by Crippen LogP contribution is 2.64. The Morgan fingerprint density at radius 3 is 2.67 bits per heavy atom. The molecule has 4 unspecified atom stereocenters. The maximum atomic E-state index is 12.6. The third kappa shape index (κ3) is 3.22. The first-order valence-corrected chi connectivity index (χ1v) is 9.12. The highest BCUT2D eigenvalue weighted by atomic mass is 127. The van der Waals surface area contributed by atoms with Gasteiger partial charge in [0.1, 0.15) is 0 Å². The maximum absolute atomic E-state index is 12.6. The van der Waals surface area contributed by atoms with Gasteiger partial charge in [0.05, 0.1) is 28.3 Å². The number of halogens is 1. The molecule has 4 atom stereocenters. The van der Waals surface area contributed by atoms with Gasteiger partial charge >= 0.3 is 0 Å². The molecule has 2 rings (SSSR count). The zero-order valence-electron chi connectivity index (χ0n) is 13.5. The smallest absolute Gasteiger partial charge is 0.234 e. The second kappa shape index (κ2) is 6.05. The van der Waals surface area contributed by atoms with Gasteiger partial charge in [-0.25, -0.2) is 0 Å². The van der Waals surface area contributed by atoms with Crippen molar-refractivity contribution in [3.05, 3.63) is 24.8 Å². The molecule has 0 aromatic heterocycles. The zero-order chi connectivity index (χ0) is 15.7. The number of carbonyl (C=O) groups is 1. The van der Waals surface area contributed by atoms with Gasteiger partial charge < -0.3 is 0 Å². The molecule has 2 bridgehead atoms. The van der Waals surface area contributed by atoms with E-state index in [4.69, 9.17) is 0 Å². The van der Waals surface area contributed by atoms with Gasteiger partial charge in [-0.1, -0.05) is 45.6 Å². The van der Waals surface area contributed by atoms with Crippen molar-refractivity contribution in [2.75, 3.05) is 0 Å². The van der Waals surface area contributed by atoms with Crippen molar-refractivity contribution in [1.82, 2.24) is 3.53 Å². The summed E-state index contributed by atoms with van der Waals surface area (Å²) >= 11 is 2.00. The third-order valence-electron chi connectivity index (χ3n) is 5.66. The minimum absolute atomic E-state index is 0.165. The van der Waals surface area contributed by atoms with Crippen molar-refractivity contribution < 1.29 is 4.79 Å². The Labute approximate surface area is 143 Å². The first kappa shape index (κ1) is 17.0. The lowest BCUT2D eigenvalue weighted by Crippen LogP contribution is -2.53. The molecule has 0 aromatic rings. The van der Waals surface area contributed by atoms with Crippen LogP contribution < -0.4 is 3.53 Å². The first-order chi connectivity index (χ1) is 9.82. The summed E-state index contributed by atoms with van der Waals surface area (Å²) in [5.74, 6) is 0.957. The largest absolute Gasteiger partial charge is 0.298 e. The molecule has 118 valence electrons. The number of hydrogen-bond donors (Lipinski definition) is 1. The SMILES string of the molecule is C=C/C=C\C12CC(C)CC(C)(C1)CC(CC)(C(=O)NI)C2. The van der Waals surface area contributed by atoms with Crippen LogP contribution in [0.4, 0.5) is 0 Å². The molecular formula is C18H28INO. The Bertz CT molecular complexity index is 460. The molecule has 2 nitrogen and oxygen atoms in total. The van der Waals surface area contributed by atoms with Crippen molar-refractivity contribution in [2.45, 2.75) is 59.3 Å². The fourth-order valence-electron chi connectivity index (χ4n) is 5.55. The highest BCUT2D eigenvalue weighted by molar-refractivity contribution is 14.1. The average Bonchev–Trinajstić information content (AvgIpc) is 2.41. The van der Waals surface area contributed by atoms with E-state index in [1.54, 1.807) is 0 Å². The van der Waals surface area contributed by atoms with Gasteiger partial charge in [-0.05, 0) is 55.3 Å². The summed E-state index contributed by atoms with van der Waals surface area (Å²) in [5, 5.41) is 0. The van der Waals surface area contributed by atoms with Crippen LogP contribution in [0.15, 0.2) is 24.8 Å². The van der Waals surface area contributed by atoms with E-state index in [1.807, 2.05) is 28.9 Å². The molecule has 2 fully saturated rings. The van der Waals surface area contributed by atoms with Gasteiger partial charge in [0.15, 0.2) is 0 Å². The van der Waals surface area contributed by atoms with Crippen molar-refractivity contribution in [2.24, 2.45) is 22.2 Å². The van der Waals surface area contributed by atoms with Crippen LogP contribution in [0, 0.1) is 22.2 Å². The summed E-state index contributed by atoms with van der Waals surface area (Å²) < 4.78 is 2.90. The van der Waals surface area contributed by atoms with E-state index < -0.39 is 0 Å². The minimum Gasteiger partial charge on any atom is -0.298 e. The Morgan fingerprint density at radius 2 is 2.10 bits per heavy atom. The molecule has 0 saturated heterocycles. The molecule has 3 heteroatoms. The number of amides is 1. The van der Waals surface area contributed by atoms with Crippen LogP contribution >= 0.6 is 22.9 Å². The molecular weight excluding hydrogens is 373 g/mol. The number of fused-ring (bicyclic) bond motifs is 2. The Hall–Kier alpha value is -0.320. The van der Waals surface area contributed by atoms with Crippen LogP contribution in [-0.2, 0) is 4.79 Å².